The Bertz CT molecular complexity index is 705. The molecule has 1 aromatic carbocycles. The molecule has 1 heterocycles. The summed E-state index contributed by atoms with van der Waals surface area (Å²) >= 11 is 6.05. The average Bonchev–Trinajstić information content (AvgIpc) is 2.46. The minimum Gasteiger partial charge on any atom is -0.326 e. The summed E-state index contributed by atoms with van der Waals surface area (Å²) in [5.74, 6) is 0. The summed E-state index contributed by atoms with van der Waals surface area (Å²) in [6, 6.07) is 8.00. The van der Waals surface area contributed by atoms with Crippen LogP contribution in [-0.2, 0) is 16.6 Å². The van der Waals surface area contributed by atoms with Crippen molar-refractivity contribution < 1.29 is 8.42 Å². The summed E-state index contributed by atoms with van der Waals surface area (Å²) in [6.45, 7) is 0.304. The zero-order valence-electron chi connectivity index (χ0n) is 10.8. The van der Waals surface area contributed by atoms with Crippen LogP contribution in [0.15, 0.2) is 47.6 Å². The van der Waals surface area contributed by atoms with E-state index in [0.717, 1.165) is 9.87 Å². The Morgan fingerprint density at radius 1 is 1.35 bits per heavy atom. The molecule has 0 atom stereocenters. The smallest absolute Gasteiger partial charge is 0.265 e. The molecule has 0 fully saturated rings. The van der Waals surface area contributed by atoms with Gasteiger partial charge in [0.1, 0.15) is 4.90 Å². The van der Waals surface area contributed by atoms with E-state index < -0.39 is 10.0 Å². The van der Waals surface area contributed by atoms with E-state index in [9.17, 15) is 8.42 Å². The minimum absolute atomic E-state index is 0.0442. The first-order chi connectivity index (χ1) is 9.46. The zero-order chi connectivity index (χ0) is 14.8. The number of rotatable bonds is 4. The first-order valence-electron chi connectivity index (χ1n) is 5.84. The molecule has 0 unspecified atom stereocenters. The van der Waals surface area contributed by atoms with Crippen LogP contribution >= 0.6 is 11.6 Å². The number of anilines is 1. The zero-order valence-corrected chi connectivity index (χ0v) is 12.4. The summed E-state index contributed by atoms with van der Waals surface area (Å²) in [4.78, 5) is 3.95. The fraction of sp³-hybridized carbons (Fsp3) is 0.154. The van der Waals surface area contributed by atoms with Crippen LogP contribution in [0.25, 0.3) is 0 Å². The highest BCUT2D eigenvalue weighted by Gasteiger charge is 2.24. The van der Waals surface area contributed by atoms with Gasteiger partial charge < -0.3 is 5.73 Å². The lowest BCUT2D eigenvalue weighted by Crippen LogP contribution is -2.27. The Hall–Kier alpha value is -1.63. The quantitative estimate of drug-likeness (QED) is 0.937. The van der Waals surface area contributed by atoms with E-state index in [0.29, 0.717) is 12.2 Å². The predicted octanol–water partition coefficient (Wildman–Crippen LogP) is 2.02. The van der Waals surface area contributed by atoms with E-state index in [1.807, 2.05) is 0 Å². The van der Waals surface area contributed by atoms with Gasteiger partial charge in [-0.3, -0.25) is 9.29 Å². The fourth-order valence-corrected chi connectivity index (χ4v) is 3.43. The summed E-state index contributed by atoms with van der Waals surface area (Å²) in [5.41, 5.74) is 6.74. The van der Waals surface area contributed by atoms with E-state index in [4.69, 9.17) is 17.3 Å². The maximum atomic E-state index is 12.5. The Morgan fingerprint density at radius 2 is 2.10 bits per heavy atom. The second kappa shape index (κ2) is 5.78. The Balaban J connectivity index is 2.45. The molecule has 0 aliphatic carbocycles. The molecular weight excluding hydrogens is 298 g/mol. The molecule has 0 amide bonds. The van der Waals surface area contributed by atoms with Gasteiger partial charge >= 0.3 is 0 Å². The summed E-state index contributed by atoms with van der Waals surface area (Å²) in [5, 5.41) is 0.156. The maximum absolute atomic E-state index is 12.5. The lowest BCUT2D eigenvalue weighted by molar-refractivity contribution is 0.594. The predicted molar refractivity (Wildman–Crippen MR) is 79.2 cm³/mol. The Labute approximate surface area is 123 Å². The molecule has 0 aliphatic heterocycles. The molecule has 0 spiro atoms. The second-order valence-corrected chi connectivity index (χ2v) is 6.50. The summed E-state index contributed by atoms with van der Waals surface area (Å²) in [7, 11) is -2.27. The first-order valence-corrected chi connectivity index (χ1v) is 7.66. The molecule has 5 nitrogen and oxygen atoms in total. The van der Waals surface area contributed by atoms with E-state index in [1.54, 1.807) is 30.5 Å². The topological polar surface area (TPSA) is 76.3 Å². The monoisotopic (exact) mass is 311 g/mol. The van der Waals surface area contributed by atoms with Gasteiger partial charge in [0, 0.05) is 19.8 Å². The molecular formula is C13H14ClN3O2S. The number of aromatic nitrogens is 1. The van der Waals surface area contributed by atoms with Crippen molar-refractivity contribution in [3.8, 4) is 0 Å². The van der Waals surface area contributed by atoms with Gasteiger partial charge in [0.25, 0.3) is 10.0 Å². The largest absolute Gasteiger partial charge is 0.326 e. The molecule has 2 rings (SSSR count). The van der Waals surface area contributed by atoms with Crippen molar-refractivity contribution in [2.24, 2.45) is 5.73 Å². The Kier molecular flexibility index (Phi) is 4.27. The van der Waals surface area contributed by atoms with Gasteiger partial charge in [0.15, 0.2) is 0 Å². The SMILES string of the molecule is CN(c1cccnc1)S(=O)(=O)c1ccc(CN)cc1Cl. The minimum atomic E-state index is -3.73. The van der Waals surface area contributed by atoms with Crippen LogP contribution in [0.2, 0.25) is 5.02 Å². The number of hydrogen-bond donors (Lipinski definition) is 1. The number of halogens is 1. The lowest BCUT2D eigenvalue weighted by Gasteiger charge is -2.19. The third kappa shape index (κ3) is 2.77. The van der Waals surface area contributed by atoms with Crippen molar-refractivity contribution in [1.82, 2.24) is 4.98 Å². The molecule has 0 saturated heterocycles. The van der Waals surface area contributed by atoms with Crippen molar-refractivity contribution >= 4 is 27.3 Å². The molecule has 2 aromatic rings. The van der Waals surface area contributed by atoms with Crippen LogP contribution in [-0.4, -0.2) is 20.4 Å². The van der Waals surface area contributed by atoms with E-state index >= 15 is 0 Å². The molecule has 20 heavy (non-hydrogen) atoms. The van der Waals surface area contributed by atoms with Crippen LogP contribution in [0.5, 0.6) is 0 Å². The van der Waals surface area contributed by atoms with E-state index in [-0.39, 0.29) is 9.92 Å². The van der Waals surface area contributed by atoms with Crippen LogP contribution in [0, 0.1) is 0 Å². The van der Waals surface area contributed by atoms with Crippen molar-refractivity contribution in [2.45, 2.75) is 11.4 Å². The highest BCUT2D eigenvalue weighted by atomic mass is 35.5. The van der Waals surface area contributed by atoms with Crippen LogP contribution in [0.1, 0.15) is 5.56 Å². The molecule has 0 radical (unpaired) electrons. The van der Waals surface area contributed by atoms with Crippen molar-refractivity contribution in [1.29, 1.82) is 0 Å². The van der Waals surface area contributed by atoms with Crippen LogP contribution in [0.3, 0.4) is 0 Å². The van der Waals surface area contributed by atoms with Gasteiger partial charge in [0.05, 0.1) is 16.9 Å². The third-order valence-electron chi connectivity index (χ3n) is 2.88. The third-order valence-corrected chi connectivity index (χ3v) is 5.15. The molecule has 0 aliphatic rings. The molecule has 0 saturated carbocycles. The van der Waals surface area contributed by atoms with Crippen LogP contribution < -0.4 is 10.0 Å². The maximum Gasteiger partial charge on any atom is 0.265 e. The molecule has 7 heteroatoms. The van der Waals surface area contributed by atoms with Gasteiger partial charge in [-0.25, -0.2) is 8.42 Å². The number of sulfonamides is 1. The Morgan fingerprint density at radius 3 is 2.65 bits per heavy atom. The second-order valence-electron chi connectivity index (χ2n) is 4.15. The summed E-state index contributed by atoms with van der Waals surface area (Å²) in [6.07, 6.45) is 3.05. The van der Waals surface area contributed by atoms with Gasteiger partial charge in [-0.2, -0.15) is 0 Å². The van der Waals surface area contributed by atoms with Crippen molar-refractivity contribution in [2.75, 3.05) is 11.4 Å². The number of hydrogen-bond acceptors (Lipinski definition) is 4. The van der Waals surface area contributed by atoms with Crippen LogP contribution in [0.4, 0.5) is 5.69 Å². The van der Waals surface area contributed by atoms with E-state index in [2.05, 4.69) is 4.98 Å². The molecule has 106 valence electrons. The van der Waals surface area contributed by atoms with E-state index in [1.165, 1.54) is 19.3 Å². The lowest BCUT2D eigenvalue weighted by atomic mass is 10.2. The highest BCUT2D eigenvalue weighted by molar-refractivity contribution is 7.93. The molecule has 0 bridgehead atoms. The van der Waals surface area contributed by atoms with Gasteiger partial charge in [-0.05, 0) is 29.8 Å². The van der Waals surface area contributed by atoms with Crippen molar-refractivity contribution in [3.63, 3.8) is 0 Å². The fourth-order valence-electron chi connectivity index (χ4n) is 1.71. The average molecular weight is 312 g/mol. The highest BCUT2D eigenvalue weighted by Crippen LogP contribution is 2.27. The molecule has 1 aromatic heterocycles. The standard InChI is InChI=1S/C13H14ClN3O2S/c1-17(11-3-2-6-16-9-11)20(18,19)13-5-4-10(8-15)7-12(13)14/h2-7,9H,8,15H2,1H3. The van der Waals surface area contributed by atoms with Crippen molar-refractivity contribution in [3.05, 3.63) is 53.3 Å². The molecule has 2 N–H and O–H groups in total. The number of pyridine rings is 1. The van der Waals surface area contributed by atoms with Gasteiger partial charge in [-0.15, -0.1) is 0 Å². The normalized spacial score (nSPS) is 11.3. The number of benzene rings is 1. The number of nitrogens with two attached hydrogens (primary N) is 1. The number of nitrogens with zero attached hydrogens (tertiary/aromatic N) is 2. The first kappa shape index (κ1) is 14.8. The van der Waals surface area contributed by atoms with Gasteiger partial charge in [-0.1, -0.05) is 17.7 Å². The van der Waals surface area contributed by atoms with Gasteiger partial charge in [0.2, 0.25) is 0 Å². The summed E-state index contributed by atoms with van der Waals surface area (Å²) < 4.78 is 26.2.